The molecule has 2 aromatic rings. The van der Waals surface area contributed by atoms with Crippen LogP contribution in [0, 0.1) is 12.7 Å². The highest BCUT2D eigenvalue weighted by molar-refractivity contribution is 9.10. The molecule has 2 rings (SSSR count). The number of rotatable bonds is 3. The van der Waals surface area contributed by atoms with E-state index in [-0.39, 0.29) is 11.6 Å². The molecule has 0 saturated carbocycles. The zero-order chi connectivity index (χ0) is 13.1. The van der Waals surface area contributed by atoms with Gasteiger partial charge in [-0.05, 0) is 64.3 Å². The number of nitrogens with one attached hydrogen (secondary N) is 1. The van der Waals surface area contributed by atoms with Gasteiger partial charge in [0.15, 0.2) is 0 Å². The van der Waals surface area contributed by atoms with E-state index in [0.29, 0.717) is 11.0 Å². The molecular formula is C14H13BrFNO. The van der Waals surface area contributed by atoms with Gasteiger partial charge < -0.3 is 10.4 Å². The summed E-state index contributed by atoms with van der Waals surface area (Å²) in [4.78, 5) is 0. The first-order valence-electron chi connectivity index (χ1n) is 5.53. The van der Waals surface area contributed by atoms with Crippen molar-refractivity contribution in [2.45, 2.75) is 13.5 Å². The van der Waals surface area contributed by atoms with E-state index in [0.717, 1.165) is 16.8 Å². The van der Waals surface area contributed by atoms with Crippen LogP contribution in [0.15, 0.2) is 40.9 Å². The Morgan fingerprint density at radius 2 is 2.00 bits per heavy atom. The molecule has 94 valence electrons. The van der Waals surface area contributed by atoms with Gasteiger partial charge in [-0.2, -0.15) is 0 Å². The molecule has 0 amide bonds. The van der Waals surface area contributed by atoms with Gasteiger partial charge in [0, 0.05) is 12.2 Å². The Labute approximate surface area is 114 Å². The van der Waals surface area contributed by atoms with Gasteiger partial charge in [-0.15, -0.1) is 0 Å². The van der Waals surface area contributed by atoms with Gasteiger partial charge in [0.2, 0.25) is 0 Å². The Balaban J connectivity index is 2.09. The Bertz CT molecular complexity index is 572. The average molecular weight is 310 g/mol. The second-order valence-corrected chi connectivity index (χ2v) is 4.95. The van der Waals surface area contributed by atoms with E-state index < -0.39 is 0 Å². The van der Waals surface area contributed by atoms with Gasteiger partial charge in [-0.25, -0.2) is 4.39 Å². The smallest absolute Gasteiger partial charge is 0.129 e. The van der Waals surface area contributed by atoms with Crippen LogP contribution in [0.4, 0.5) is 10.1 Å². The molecule has 0 aliphatic rings. The van der Waals surface area contributed by atoms with Gasteiger partial charge in [0.05, 0.1) is 4.47 Å². The van der Waals surface area contributed by atoms with Crippen LogP contribution in [-0.2, 0) is 6.54 Å². The molecule has 0 atom stereocenters. The van der Waals surface area contributed by atoms with Crippen molar-refractivity contribution >= 4 is 21.6 Å². The summed E-state index contributed by atoms with van der Waals surface area (Å²) in [7, 11) is 0. The van der Waals surface area contributed by atoms with Crippen LogP contribution in [0.3, 0.4) is 0 Å². The third kappa shape index (κ3) is 3.01. The van der Waals surface area contributed by atoms with Crippen molar-refractivity contribution in [3.05, 3.63) is 57.8 Å². The number of hydrogen-bond donors (Lipinski definition) is 2. The van der Waals surface area contributed by atoms with Gasteiger partial charge in [-0.3, -0.25) is 0 Å². The number of phenols is 1. The Morgan fingerprint density at radius 1 is 1.22 bits per heavy atom. The van der Waals surface area contributed by atoms with Crippen LogP contribution in [0.5, 0.6) is 5.75 Å². The minimum absolute atomic E-state index is 0.219. The molecule has 0 heterocycles. The summed E-state index contributed by atoms with van der Waals surface area (Å²) < 4.78 is 13.6. The van der Waals surface area contributed by atoms with Gasteiger partial charge in [-0.1, -0.05) is 6.07 Å². The highest BCUT2D eigenvalue weighted by Gasteiger charge is 2.02. The zero-order valence-corrected chi connectivity index (χ0v) is 11.5. The average Bonchev–Trinajstić information content (AvgIpc) is 2.32. The van der Waals surface area contributed by atoms with Crippen molar-refractivity contribution in [1.29, 1.82) is 0 Å². The topological polar surface area (TPSA) is 32.3 Å². The highest BCUT2D eigenvalue weighted by atomic mass is 79.9. The minimum Gasteiger partial charge on any atom is -0.507 e. The standard InChI is InChI=1S/C14H13BrFNO/c1-9-6-11(16)3-4-13(9)17-8-10-2-5-14(18)12(15)7-10/h2-7,17-18H,8H2,1H3. The number of benzene rings is 2. The SMILES string of the molecule is Cc1cc(F)ccc1NCc1ccc(O)c(Br)c1. The van der Waals surface area contributed by atoms with Crippen molar-refractivity contribution in [3.8, 4) is 5.75 Å². The van der Waals surface area contributed by atoms with Crippen molar-refractivity contribution in [2.24, 2.45) is 0 Å². The predicted octanol–water partition coefficient (Wildman–Crippen LogP) is 4.21. The number of anilines is 1. The molecule has 0 aliphatic heterocycles. The molecule has 2 N–H and O–H groups in total. The summed E-state index contributed by atoms with van der Waals surface area (Å²) in [6.45, 7) is 2.48. The van der Waals surface area contributed by atoms with E-state index >= 15 is 0 Å². The van der Waals surface area contributed by atoms with Crippen molar-refractivity contribution in [1.82, 2.24) is 0 Å². The summed E-state index contributed by atoms with van der Waals surface area (Å²) in [6.07, 6.45) is 0. The Hall–Kier alpha value is -1.55. The normalized spacial score (nSPS) is 10.4. The van der Waals surface area contributed by atoms with Gasteiger partial charge in [0.25, 0.3) is 0 Å². The lowest BCUT2D eigenvalue weighted by molar-refractivity contribution is 0.471. The number of aryl methyl sites for hydroxylation is 1. The summed E-state index contributed by atoms with van der Waals surface area (Å²) in [5.74, 6) is -0.0119. The maximum Gasteiger partial charge on any atom is 0.129 e. The van der Waals surface area contributed by atoms with Gasteiger partial charge in [0.1, 0.15) is 11.6 Å². The van der Waals surface area contributed by atoms with Gasteiger partial charge >= 0.3 is 0 Å². The van der Waals surface area contributed by atoms with Crippen LogP contribution in [0.1, 0.15) is 11.1 Å². The second-order valence-electron chi connectivity index (χ2n) is 4.10. The molecule has 0 aliphatic carbocycles. The molecule has 0 aromatic heterocycles. The summed E-state index contributed by atoms with van der Waals surface area (Å²) in [6, 6.07) is 9.98. The third-order valence-electron chi connectivity index (χ3n) is 2.68. The Kier molecular flexibility index (Phi) is 3.87. The molecule has 2 aromatic carbocycles. The molecule has 0 unspecified atom stereocenters. The zero-order valence-electron chi connectivity index (χ0n) is 9.87. The van der Waals surface area contributed by atoms with Crippen LogP contribution in [0.2, 0.25) is 0 Å². The van der Waals surface area contributed by atoms with E-state index in [1.54, 1.807) is 12.1 Å². The van der Waals surface area contributed by atoms with E-state index in [1.165, 1.54) is 12.1 Å². The van der Waals surface area contributed by atoms with Crippen LogP contribution in [-0.4, -0.2) is 5.11 Å². The lowest BCUT2D eigenvalue weighted by atomic mass is 10.1. The van der Waals surface area contributed by atoms with Crippen molar-refractivity contribution in [3.63, 3.8) is 0 Å². The molecule has 4 heteroatoms. The first-order valence-corrected chi connectivity index (χ1v) is 6.33. The van der Waals surface area contributed by atoms with Crippen LogP contribution in [0.25, 0.3) is 0 Å². The molecular weight excluding hydrogens is 297 g/mol. The summed E-state index contributed by atoms with van der Waals surface area (Å²) >= 11 is 3.27. The molecule has 0 radical (unpaired) electrons. The lowest BCUT2D eigenvalue weighted by Crippen LogP contribution is -2.01. The van der Waals surface area contributed by atoms with E-state index in [2.05, 4.69) is 21.2 Å². The molecule has 0 spiro atoms. The summed E-state index contributed by atoms with van der Waals surface area (Å²) in [5.41, 5.74) is 2.80. The van der Waals surface area contributed by atoms with Crippen LogP contribution >= 0.6 is 15.9 Å². The molecule has 0 bridgehead atoms. The monoisotopic (exact) mass is 309 g/mol. The van der Waals surface area contributed by atoms with E-state index in [4.69, 9.17) is 0 Å². The predicted molar refractivity (Wildman–Crippen MR) is 74.3 cm³/mol. The first kappa shape index (κ1) is 12.9. The van der Waals surface area contributed by atoms with Crippen LogP contribution < -0.4 is 5.32 Å². The number of halogens is 2. The maximum atomic E-state index is 12.9. The molecule has 18 heavy (non-hydrogen) atoms. The van der Waals surface area contributed by atoms with E-state index in [1.807, 2.05) is 19.1 Å². The number of hydrogen-bond acceptors (Lipinski definition) is 2. The quantitative estimate of drug-likeness (QED) is 0.890. The largest absolute Gasteiger partial charge is 0.507 e. The first-order chi connectivity index (χ1) is 8.56. The lowest BCUT2D eigenvalue weighted by Gasteiger charge is -2.10. The second kappa shape index (κ2) is 5.40. The molecule has 0 fully saturated rings. The molecule has 0 saturated heterocycles. The van der Waals surface area contributed by atoms with E-state index in [9.17, 15) is 9.50 Å². The highest BCUT2D eigenvalue weighted by Crippen LogP contribution is 2.25. The van der Waals surface area contributed by atoms with Crippen molar-refractivity contribution in [2.75, 3.05) is 5.32 Å². The fourth-order valence-electron chi connectivity index (χ4n) is 1.68. The molecule has 2 nitrogen and oxygen atoms in total. The summed E-state index contributed by atoms with van der Waals surface area (Å²) in [5, 5.41) is 12.6. The number of aromatic hydroxyl groups is 1. The fourth-order valence-corrected chi connectivity index (χ4v) is 2.11. The minimum atomic E-state index is -0.231. The van der Waals surface area contributed by atoms with Crippen molar-refractivity contribution < 1.29 is 9.50 Å². The number of phenolic OH excluding ortho intramolecular Hbond substituents is 1. The maximum absolute atomic E-state index is 12.9. The Morgan fingerprint density at radius 3 is 2.67 bits per heavy atom. The third-order valence-corrected chi connectivity index (χ3v) is 3.32. The fraction of sp³-hybridized carbons (Fsp3) is 0.143.